The molecule has 4 heteroatoms. The molecule has 0 aliphatic carbocycles. The van der Waals surface area contributed by atoms with Crippen molar-refractivity contribution in [3.05, 3.63) is 63.6 Å². The van der Waals surface area contributed by atoms with E-state index in [4.69, 9.17) is 27.9 Å². The molecule has 0 saturated heterocycles. The fourth-order valence-corrected chi connectivity index (χ4v) is 2.61. The zero-order valence-corrected chi connectivity index (χ0v) is 15.0. The van der Waals surface area contributed by atoms with Crippen molar-refractivity contribution >= 4 is 23.2 Å². The van der Waals surface area contributed by atoms with Gasteiger partial charge in [0.2, 0.25) is 0 Å². The molecule has 0 bridgehead atoms. The largest absolute Gasteiger partial charge is 0.489 e. The molecule has 23 heavy (non-hydrogen) atoms. The second kappa shape index (κ2) is 9.82. The molecule has 2 rings (SSSR count). The maximum Gasteiger partial charge on any atom is 0.124 e. The number of ether oxygens (including phenoxy) is 1. The van der Waals surface area contributed by atoms with Crippen LogP contribution in [0.25, 0.3) is 0 Å². The van der Waals surface area contributed by atoms with E-state index in [1.165, 1.54) is 19.3 Å². The molecular formula is C19H23Cl2NO. The number of halogens is 2. The molecule has 0 aliphatic heterocycles. The minimum Gasteiger partial charge on any atom is -0.489 e. The van der Waals surface area contributed by atoms with Crippen LogP contribution in [0.1, 0.15) is 37.3 Å². The van der Waals surface area contributed by atoms with Crippen LogP contribution in [0.4, 0.5) is 0 Å². The highest BCUT2D eigenvalue weighted by atomic mass is 35.5. The Balaban J connectivity index is 1.93. The predicted molar refractivity (Wildman–Crippen MR) is 98.5 cm³/mol. The number of hydrogen-bond donors (Lipinski definition) is 1. The van der Waals surface area contributed by atoms with Crippen molar-refractivity contribution in [2.75, 3.05) is 6.54 Å². The maximum atomic E-state index is 6.12. The smallest absolute Gasteiger partial charge is 0.124 e. The molecule has 0 aliphatic rings. The first-order chi connectivity index (χ1) is 11.2. The molecule has 0 radical (unpaired) electrons. The number of hydrogen-bond acceptors (Lipinski definition) is 2. The van der Waals surface area contributed by atoms with E-state index >= 15 is 0 Å². The topological polar surface area (TPSA) is 21.3 Å². The first-order valence-electron chi connectivity index (χ1n) is 8.05. The lowest BCUT2D eigenvalue weighted by molar-refractivity contribution is 0.302. The molecule has 0 fully saturated rings. The fourth-order valence-electron chi connectivity index (χ4n) is 2.29. The molecule has 2 aromatic rings. The molecule has 0 heterocycles. The summed E-state index contributed by atoms with van der Waals surface area (Å²) in [6.07, 6.45) is 3.68. The van der Waals surface area contributed by atoms with Gasteiger partial charge >= 0.3 is 0 Å². The molecule has 0 atom stereocenters. The Bertz CT molecular complexity index is 599. The monoisotopic (exact) mass is 351 g/mol. The van der Waals surface area contributed by atoms with Crippen molar-refractivity contribution in [1.29, 1.82) is 0 Å². The molecule has 0 spiro atoms. The van der Waals surface area contributed by atoms with E-state index < -0.39 is 0 Å². The molecule has 1 N–H and O–H groups in total. The standard InChI is InChI=1S/C19H23Cl2NO/c1-2-3-4-11-22-13-16-12-18(21)9-10-19(16)23-14-15-5-7-17(20)8-6-15/h5-10,12,22H,2-4,11,13-14H2,1H3. The quantitative estimate of drug-likeness (QED) is 0.572. The van der Waals surface area contributed by atoms with Crippen LogP contribution < -0.4 is 10.1 Å². The van der Waals surface area contributed by atoms with Crippen molar-refractivity contribution < 1.29 is 4.74 Å². The van der Waals surface area contributed by atoms with Gasteiger partial charge in [-0.25, -0.2) is 0 Å². The van der Waals surface area contributed by atoms with E-state index in [0.717, 1.165) is 40.0 Å². The molecule has 0 amide bonds. The molecule has 0 aromatic heterocycles. The Morgan fingerprint density at radius 1 is 0.957 bits per heavy atom. The summed E-state index contributed by atoms with van der Waals surface area (Å²) in [7, 11) is 0. The summed E-state index contributed by atoms with van der Waals surface area (Å²) in [5.74, 6) is 0.868. The van der Waals surface area contributed by atoms with E-state index in [1.54, 1.807) is 0 Å². The second-order valence-electron chi connectivity index (χ2n) is 5.55. The van der Waals surface area contributed by atoms with Gasteiger partial charge in [0.25, 0.3) is 0 Å². The number of rotatable bonds is 9. The Hall–Kier alpha value is -1.22. The highest BCUT2D eigenvalue weighted by Crippen LogP contribution is 2.24. The van der Waals surface area contributed by atoms with Crippen LogP contribution in [0, 0.1) is 0 Å². The zero-order chi connectivity index (χ0) is 16.5. The SMILES string of the molecule is CCCCCNCc1cc(Cl)ccc1OCc1ccc(Cl)cc1. The molecule has 0 unspecified atom stereocenters. The van der Waals surface area contributed by atoms with Gasteiger partial charge in [0.1, 0.15) is 12.4 Å². The van der Waals surface area contributed by atoms with Gasteiger partial charge in [-0.3, -0.25) is 0 Å². The maximum absolute atomic E-state index is 6.12. The predicted octanol–water partition coefficient (Wildman–Crippen LogP) is 5.85. The molecule has 0 saturated carbocycles. The van der Waals surface area contributed by atoms with Gasteiger partial charge in [0, 0.05) is 22.2 Å². The normalized spacial score (nSPS) is 10.7. The third-order valence-corrected chi connectivity index (χ3v) is 4.09. The number of benzene rings is 2. The van der Waals surface area contributed by atoms with Crippen LogP contribution in [0.2, 0.25) is 10.0 Å². The van der Waals surface area contributed by atoms with Crippen molar-refractivity contribution in [3.8, 4) is 5.75 Å². The van der Waals surface area contributed by atoms with Gasteiger partial charge in [-0.15, -0.1) is 0 Å². The lowest BCUT2D eigenvalue weighted by atomic mass is 10.2. The highest BCUT2D eigenvalue weighted by Gasteiger charge is 2.05. The van der Waals surface area contributed by atoms with E-state index in [9.17, 15) is 0 Å². The number of nitrogens with one attached hydrogen (secondary N) is 1. The summed E-state index contributed by atoms with van der Waals surface area (Å²) in [6.45, 7) is 4.50. The van der Waals surface area contributed by atoms with E-state index in [-0.39, 0.29) is 0 Å². The summed E-state index contributed by atoms with van der Waals surface area (Å²) in [5.41, 5.74) is 2.18. The Morgan fingerprint density at radius 3 is 2.43 bits per heavy atom. The van der Waals surface area contributed by atoms with Gasteiger partial charge in [0.15, 0.2) is 0 Å². The van der Waals surface area contributed by atoms with Crippen LogP contribution in [-0.4, -0.2) is 6.54 Å². The van der Waals surface area contributed by atoms with Crippen LogP contribution in [0.3, 0.4) is 0 Å². The fraction of sp³-hybridized carbons (Fsp3) is 0.368. The van der Waals surface area contributed by atoms with Gasteiger partial charge in [-0.1, -0.05) is 55.1 Å². The van der Waals surface area contributed by atoms with Crippen LogP contribution in [0.15, 0.2) is 42.5 Å². The summed E-state index contributed by atoms with van der Waals surface area (Å²) in [6, 6.07) is 13.4. The summed E-state index contributed by atoms with van der Waals surface area (Å²) >= 11 is 12.0. The van der Waals surface area contributed by atoms with E-state index in [0.29, 0.717) is 6.61 Å². The Labute approximate surface area is 148 Å². The van der Waals surface area contributed by atoms with Crippen molar-refractivity contribution in [2.24, 2.45) is 0 Å². The van der Waals surface area contributed by atoms with Crippen LogP contribution in [-0.2, 0) is 13.2 Å². The third kappa shape index (κ3) is 6.42. The minimum absolute atomic E-state index is 0.516. The molecule has 2 aromatic carbocycles. The lowest BCUT2D eigenvalue weighted by Gasteiger charge is -2.13. The number of unbranched alkanes of at least 4 members (excludes halogenated alkanes) is 2. The average molecular weight is 352 g/mol. The van der Waals surface area contributed by atoms with Crippen molar-refractivity contribution in [1.82, 2.24) is 5.32 Å². The van der Waals surface area contributed by atoms with Crippen molar-refractivity contribution in [3.63, 3.8) is 0 Å². The average Bonchev–Trinajstić information content (AvgIpc) is 2.55. The molecule has 2 nitrogen and oxygen atoms in total. The lowest BCUT2D eigenvalue weighted by Crippen LogP contribution is -2.15. The van der Waals surface area contributed by atoms with Gasteiger partial charge in [-0.05, 0) is 48.9 Å². The van der Waals surface area contributed by atoms with Crippen LogP contribution >= 0.6 is 23.2 Å². The minimum atomic E-state index is 0.516. The Morgan fingerprint density at radius 2 is 1.70 bits per heavy atom. The molecular weight excluding hydrogens is 329 g/mol. The third-order valence-electron chi connectivity index (χ3n) is 3.60. The van der Waals surface area contributed by atoms with E-state index in [2.05, 4.69) is 12.2 Å². The summed E-state index contributed by atoms with van der Waals surface area (Å²) in [5, 5.41) is 4.92. The van der Waals surface area contributed by atoms with E-state index in [1.807, 2.05) is 42.5 Å². The summed E-state index contributed by atoms with van der Waals surface area (Å²) < 4.78 is 5.95. The van der Waals surface area contributed by atoms with Crippen molar-refractivity contribution in [2.45, 2.75) is 39.3 Å². The first-order valence-corrected chi connectivity index (χ1v) is 8.81. The molecule has 124 valence electrons. The highest BCUT2D eigenvalue weighted by molar-refractivity contribution is 6.30. The Kier molecular flexibility index (Phi) is 7.73. The summed E-state index contributed by atoms with van der Waals surface area (Å²) in [4.78, 5) is 0. The van der Waals surface area contributed by atoms with Gasteiger partial charge in [0.05, 0.1) is 0 Å². The van der Waals surface area contributed by atoms with Gasteiger partial charge < -0.3 is 10.1 Å². The first kappa shape index (κ1) is 18.1. The van der Waals surface area contributed by atoms with Gasteiger partial charge in [-0.2, -0.15) is 0 Å². The zero-order valence-electron chi connectivity index (χ0n) is 13.4. The van der Waals surface area contributed by atoms with Crippen LogP contribution in [0.5, 0.6) is 5.75 Å². The second-order valence-corrected chi connectivity index (χ2v) is 6.42.